The van der Waals surface area contributed by atoms with Crippen molar-refractivity contribution in [3.8, 4) is 0 Å². The lowest BCUT2D eigenvalue weighted by molar-refractivity contribution is -0.384. The molecule has 0 spiro atoms. The maximum atomic E-state index is 14.0. The van der Waals surface area contributed by atoms with E-state index >= 15 is 0 Å². The standard InChI is InChI=1S/C22H21FN4O4S/c23-17-11-10-15(27(30)31)12-19(17)24-20(28)13-32-22-25-18-9-5-4-8-16(18)21(29)26(22)14-6-2-1-3-7-14/h4-5,8-12,14H,1-3,6-7,13H2,(H,24,28). The molecule has 8 nitrogen and oxygen atoms in total. The van der Waals surface area contributed by atoms with Gasteiger partial charge in [0.15, 0.2) is 5.16 Å². The summed E-state index contributed by atoms with van der Waals surface area (Å²) in [5.74, 6) is -1.44. The number of para-hydroxylation sites is 1. The summed E-state index contributed by atoms with van der Waals surface area (Å²) in [7, 11) is 0. The molecular formula is C22H21FN4O4S. The summed E-state index contributed by atoms with van der Waals surface area (Å²) in [4.78, 5) is 40.6. The molecule has 0 radical (unpaired) electrons. The highest BCUT2D eigenvalue weighted by Gasteiger charge is 2.22. The number of fused-ring (bicyclic) bond motifs is 1. The molecule has 1 aromatic heterocycles. The average Bonchev–Trinajstić information content (AvgIpc) is 2.79. The number of aromatic nitrogens is 2. The molecule has 10 heteroatoms. The number of nitrogens with one attached hydrogen (secondary N) is 1. The first-order chi connectivity index (χ1) is 15.4. The van der Waals surface area contributed by atoms with Crippen LogP contribution < -0.4 is 10.9 Å². The monoisotopic (exact) mass is 456 g/mol. The minimum atomic E-state index is -0.767. The smallest absolute Gasteiger partial charge is 0.271 e. The predicted octanol–water partition coefficient (Wildman–Crippen LogP) is 4.68. The van der Waals surface area contributed by atoms with Gasteiger partial charge in [-0.05, 0) is 31.0 Å². The maximum Gasteiger partial charge on any atom is 0.271 e. The molecule has 0 bridgehead atoms. The van der Waals surface area contributed by atoms with Crippen LogP contribution in [0.15, 0.2) is 52.4 Å². The number of halogens is 1. The molecule has 0 saturated heterocycles. The minimum absolute atomic E-state index is 0.0214. The molecule has 166 valence electrons. The summed E-state index contributed by atoms with van der Waals surface area (Å²) in [5.41, 5.74) is -0.162. The number of nitro benzene ring substituents is 1. The fourth-order valence-electron chi connectivity index (χ4n) is 3.93. The van der Waals surface area contributed by atoms with Crippen LogP contribution in [0, 0.1) is 15.9 Å². The third kappa shape index (κ3) is 4.64. The number of hydrogen-bond acceptors (Lipinski definition) is 6. The van der Waals surface area contributed by atoms with Gasteiger partial charge in [0.1, 0.15) is 5.82 Å². The third-order valence-electron chi connectivity index (χ3n) is 5.48. The largest absolute Gasteiger partial charge is 0.323 e. The summed E-state index contributed by atoms with van der Waals surface area (Å²) < 4.78 is 15.7. The molecule has 0 aliphatic heterocycles. The fraction of sp³-hybridized carbons (Fsp3) is 0.318. The molecule has 1 aliphatic rings. The van der Waals surface area contributed by atoms with E-state index in [1.54, 1.807) is 28.8 Å². The molecule has 1 fully saturated rings. The molecule has 32 heavy (non-hydrogen) atoms. The maximum absolute atomic E-state index is 14.0. The number of carbonyl (C=O) groups excluding carboxylic acids is 1. The Kier molecular flexibility index (Phi) is 6.50. The predicted molar refractivity (Wildman–Crippen MR) is 121 cm³/mol. The highest BCUT2D eigenvalue weighted by Crippen LogP contribution is 2.31. The number of non-ortho nitro benzene ring substituents is 1. The van der Waals surface area contributed by atoms with Gasteiger partial charge in [-0.1, -0.05) is 43.2 Å². The summed E-state index contributed by atoms with van der Waals surface area (Å²) in [5, 5.41) is 14.3. The second-order valence-corrected chi connectivity index (χ2v) is 8.58. The Balaban J connectivity index is 1.58. The van der Waals surface area contributed by atoms with Crippen LogP contribution in [-0.4, -0.2) is 26.1 Å². The van der Waals surface area contributed by atoms with Gasteiger partial charge in [0.25, 0.3) is 11.2 Å². The first kappa shape index (κ1) is 21.9. The summed E-state index contributed by atoms with van der Waals surface area (Å²) in [6, 6.07) is 10.1. The number of amides is 1. The highest BCUT2D eigenvalue weighted by atomic mass is 32.2. The van der Waals surface area contributed by atoms with Crippen molar-refractivity contribution < 1.29 is 14.1 Å². The zero-order chi connectivity index (χ0) is 22.7. The number of rotatable bonds is 6. The van der Waals surface area contributed by atoms with Crippen LogP contribution in [-0.2, 0) is 4.79 Å². The lowest BCUT2D eigenvalue weighted by Gasteiger charge is -2.26. The van der Waals surface area contributed by atoms with E-state index in [4.69, 9.17) is 0 Å². The molecule has 1 saturated carbocycles. The van der Waals surface area contributed by atoms with Crippen molar-refractivity contribution in [2.45, 2.75) is 43.3 Å². The first-order valence-corrected chi connectivity index (χ1v) is 11.3. The van der Waals surface area contributed by atoms with Crippen LogP contribution in [0.1, 0.15) is 38.1 Å². The summed E-state index contributed by atoms with van der Waals surface area (Å²) >= 11 is 1.10. The van der Waals surface area contributed by atoms with Gasteiger partial charge in [0, 0.05) is 18.2 Å². The number of hydrogen-bond donors (Lipinski definition) is 1. The molecule has 2 aromatic carbocycles. The zero-order valence-corrected chi connectivity index (χ0v) is 17.9. The lowest BCUT2D eigenvalue weighted by atomic mass is 9.95. The van der Waals surface area contributed by atoms with E-state index in [9.17, 15) is 24.1 Å². The van der Waals surface area contributed by atoms with Crippen LogP contribution in [0.5, 0.6) is 0 Å². The van der Waals surface area contributed by atoms with Crippen LogP contribution in [0.4, 0.5) is 15.8 Å². The van der Waals surface area contributed by atoms with E-state index < -0.39 is 16.6 Å². The zero-order valence-electron chi connectivity index (χ0n) is 17.1. The second-order valence-electron chi connectivity index (χ2n) is 7.64. The van der Waals surface area contributed by atoms with Crippen molar-refractivity contribution in [1.82, 2.24) is 9.55 Å². The molecule has 3 aromatic rings. The highest BCUT2D eigenvalue weighted by molar-refractivity contribution is 7.99. The van der Waals surface area contributed by atoms with Crippen LogP contribution in [0.25, 0.3) is 10.9 Å². The normalized spacial score (nSPS) is 14.4. The van der Waals surface area contributed by atoms with Crippen molar-refractivity contribution in [1.29, 1.82) is 0 Å². The topological polar surface area (TPSA) is 107 Å². The fourth-order valence-corrected chi connectivity index (χ4v) is 4.79. The van der Waals surface area contributed by atoms with Crippen molar-refractivity contribution in [2.75, 3.05) is 11.1 Å². The minimum Gasteiger partial charge on any atom is -0.323 e. The molecular weight excluding hydrogens is 435 g/mol. The number of benzene rings is 2. The van der Waals surface area contributed by atoms with E-state index in [2.05, 4.69) is 10.3 Å². The van der Waals surface area contributed by atoms with E-state index in [1.165, 1.54) is 0 Å². The summed E-state index contributed by atoms with van der Waals surface area (Å²) in [6.45, 7) is 0. The average molecular weight is 456 g/mol. The second kappa shape index (κ2) is 9.47. The Labute approximate surface area is 187 Å². The SMILES string of the molecule is O=C(CSc1nc2ccccc2c(=O)n1C1CCCCC1)Nc1cc([N+](=O)[O-])ccc1F. The van der Waals surface area contributed by atoms with Gasteiger partial charge < -0.3 is 5.32 Å². The van der Waals surface area contributed by atoms with Crippen LogP contribution >= 0.6 is 11.8 Å². The van der Waals surface area contributed by atoms with Crippen molar-refractivity contribution in [2.24, 2.45) is 0 Å². The van der Waals surface area contributed by atoms with Gasteiger partial charge >= 0.3 is 0 Å². The Bertz CT molecular complexity index is 1240. The van der Waals surface area contributed by atoms with Crippen molar-refractivity contribution in [3.05, 3.63) is 68.7 Å². The summed E-state index contributed by atoms with van der Waals surface area (Å²) in [6.07, 6.45) is 4.93. The van der Waals surface area contributed by atoms with E-state index in [-0.39, 0.29) is 28.7 Å². The molecule has 1 heterocycles. The number of carbonyl (C=O) groups is 1. The van der Waals surface area contributed by atoms with Gasteiger partial charge in [-0.3, -0.25) is 24.3 Å². The Hall–Kier alpha value is -3.27. The number of anilines is 1. The molecule has 4 rings (SSSR count). The number of nitrogens with zero attached hydrogens (tertiary/aromatic N) is 3. The molecule has 0 atom stereocenters. The quantitative estimate of drug-likeness (QED) is 0.250. The van der Waals surface area contributed by atoms with E-state index in [0.717, 1.165) is 62.1 Å². The Morgan fingerprint density at radius 3 is 2.72 bits per heavy atom. The molecule has 0 unspecified atom stereocenters. The van der Waals surface area contributed by atoms with E-state index in [0.29, 0.717) is 16.1 Å². The molecule has 1 N–H and O–H groups in total. The van der Waals surface area contributed by atoms with Crippen LogP contribution in [0.2, 0.25) is 0 Å². The first-order valence-electron chi connectivity index (χ1n) is 10.3. The van der Waals surface area contributed by atoms with E-state index in [1.807, 2.05) is 0 Å². The third-order valence-corrected chi connectivity index (χ3v) is 6.44. The lowest BCUT2D eigenvalue weighted by Crippen LogP contribution is -2.29. The molecule has 1 aliphatic carbocycles. The van der Waals surface area contributed by atoms with Crippen LogP contribution in [0.3, 0.4) is 0 Å². The number of nitro groups is 1. The van der Waals surface area contributed by atoms with Gasteiger partial charge in [-0.25, -0.2) is 9.37 Å². The van der Waals surface area contributed by atoms with Gasteiger partial charge in [0.2, 0.25) is 5.91 Å². The Morgan fingerprint density at radius 1 is 1.22 bits per heavy atom. The van der Waals surface area contributed by atoms with Gasteiger partial charge in [-0.15, -0.1) is 0 Å². The molecule has 1 amide bonds. The number of thioether (sulfide) groups is 1. The van der Waals surface area contributed by atoms with Gasteiger partial charge in [0.05, 0.1) is 27.3 Å². The van der Waals surface area contributed by atoms with Gasteiger partial charge in [-0.2, -0.15) is 0 Å². The van der Waals surface area contributed by atoms with Crippen molar-refractivity contribution in [3.63, 3.8) is 0 Å². The Morgan fingerprint density at radius 2 is 1.97 bits per heavy atom. The van der Waals surface area contributed by atoms with Crippen molar-refractivity contribution >= 4 is 39.9 Å².